The van der Waals surface area contributed by atoms with Crippen LogP contribution in [0.2, 0.25) is 0 Å². The monoisotopic (exact) mass is 219 g/mol. The van der Waals surface area contributed by atoms with Gasteiger partial charge in [0.25, 0.3) is 0 Å². The number of rotatable bonds is 4. The number of pyridine rings is 1. The van der Waals surface area contributed by atoms with Gasteiger partial charge in [0.1, 0.15) is 5.65 Å². The Morgan fingerprint density at radius 3 is 3.00 bits per heavy atom. The van der Waals surface area contributed by atoms with Gasteiger partial charge in [-0.3, -0.25) is 4.90 Å². The molecule has 0 radical (unpaired) electrons. The molecule has 0 saturated carbocycles. The number of aromatic nitrogens is 2. The quantitative estimate of drug-likeness (QED) is 0.836. The summed E-state index contributed by atoms with van der Waals surface area (Å²) in [5.41, 5.74) is 3.22. The number of nitrogens with zero attached hydrogens (tertiary/aromatic N) is 3. The summed E-state index contributed by atoms with van der Waals surface area (Å²) in [4.78, 5) is 6.63. The third-order valence-corrected chi connectivity index (χ3v) is 2.64. The van der Waals surface area contributed by atoms with Crippen molar-refractivity contribution < 1.29 is 5.11 Å². The van der Waals surface area contributed by atoms with Crippen molar-refractivity contribution in [2.45, 2.75) is 13.5 Å². The van der Waals surface area contributed by atoms with Crippen LogP contribution >= 0.6 is 0 Å². The van der Waals surface area contributed by atoms with E-state index < -0.39 is 0 Å². The van der Waals surface area contributed by atoms with Gasteiger partial charge in [0.15, 0.2) is 0 Å². The fraction of sp³-hybridized carbons (Fsp3) is 0.417. The molecule has 1 N–H and O–H groups in total. The summed E-state index contributed by atoms with van der Waals surface area (Å²) >= 11 is 0. The van der Waals surface area contributed by atoms with Crippen molar-refractivity contribution >= 4 is 5.65 Å². The third kappa shape index (κ3) is 2.23. The molecule has 4 heteroatoms. The molecule has 2 rings (SSSR count). The van der Waals surface area contributed by atoms with Crippen molar-refractivity contribution in [3.8, 4) is 0 Å². The van der Waals surface area contributed by atoms with E-state index in [0.717, 1.165) is 17.9 Å². The van der Waals surface area contributed by atoms with Crippen LogP contribution in [0.15, 0.2) is 24.5 Å². The van der Waals surface area contributed by atoms with Gasteiger partial charge >= 0.3 is 0 Å². The number of hydrogen-bond acceptors (Lipinski definition) is 3. The highest BCUT2D eigenvalue weighted by Crippen LogP contribution is 2.10. The van der Waals surface area contributed by atoms with E-state index in [-0.39, 0.29) is 6.61 Å². The molecule has 0 saturated heterocycles. The number of hydrogen-bond donors (Lipinski definition) is 1. The topological polar surface area (TPSA) is 40.8 Å². The Kier molecular flexibility index (Phi) is 3.22. The predicted molar refractivity (Wildman–Crippen MR) is 63.3 cm³/mol. The number of fused-ring (bicyclic) bond motifs is 1. The van der Waals surface area contributed by atoms with Gasteiger partial charge in [0.05, 0.1) is 12.3 Å². The Morgan fingerprint density at radius 1 is 1.50 bits per heavy atom. The third-order valence-electron chi connectivity index (χ3n) is 2.64. The van der Waals surface area contributed by atoms with Crippen LogP contribution in [0.5, 0.6) is 0 Å². The van der Waals surface area contributed by atoms with Crippen molar-refractivity contribution in [2.75, 3.05) is 20.2 Å². The van der Waals surface area contributed by atoms with Gasteiger partial charge < -0.3 is 9.51 Å². The normalized spacial score (nSPS) is 11.5. The van der Waals surface area contributed by atoms with Gasteiger partial charge in [-0.25, -0.2) is 4.98 Å². The number of imidazole rings is 1. The van der Waals surface area contributed by atoms with Gasteiger partial charge in [-0.05, 0) is 25.6 Å². The SMILES string of the molecule is Cc1cccn2cc(CN(C)CCO)nc12. The molecule has 2 aromatic heterocycles. The highest BCUT2D eigenvalue weighted by atomic mass is 16.3. The maximum atomic E-state index is 8.83. The molecule has 0 aliphatic heterocycles. The van der Waals surface area contributed by atoms with Gasteiger partial charge in [0, 0.05) is 25.5 Å². The Hall–Kier alpha value is -1.39. The maximum absolute atomic E-state index is 8.83. The Morgan fingerprint density at radius 2 is 2.31 bits per heavy atom. The molecule has 2 aromatic rings. The van der Waals surface area contributed by atoms with Gasteiger partial charge in [-0.2, -0.15) is 0 Å². The zero-order valence-electron chi connectivity index (χ0n) is 9.72. The van der Waals surface area contributed by atoms with E-state index in [0.29, 0.717) is 6.54 Å². The van der Waals surface area contributed by atoms with Crippen LogP contribution in [0.25, 0.3) is 5.65 Å². The molecule has 0 unspecified atom stereocenters. The summed E-state index contributed by atoms with van der Waals surface area (Å²) < 4.78 is 2.04. The van der Waals surface area contributed by atoms with Crippen LogP contribution in [0, 0.1) is 6.92 Å². The molecule has 2 heterocycles. The second-order valence-electron chi connectivity index (χ2n) is 4.12. The Balaban J connectivity index is 2.23. The molecule has 0 spiro atoms. The summed E-state index contributed by atoms with van der Waals surface area (Å²) in [5, 5.41) is 8.83. The minimum atomic E-state index is 0.183. The van der Waals surface area contributed by atoms with Crippen LogP contribution in [-0.2, 0) is 6.54 Å². The van der Waals surface area contributed by atoms with E-state index >= 15 is 0 Å². The number of aliphatic hydroxyl groups excluding tert-OH is 1. The predicted octanol–water partition coefficient (Wildman–Crippen LogP) is 1.07. The summed E-state index contributed by atoms with van der Waals surface area (Å²) in [7, 11) is 1.98. The summed E-state index contributed by atoms with van der Waals surface area (Å²) in [6.07, 6.45) is 4.04. The van der Waals surface area contributed by atoms with E-state index in [1.54, 1.807) is 0 Å². The van der Waals surface area contributed by atoms with E-state index in [9.17, 15) is 0 Å². The first kappa shape index (κ1) is 11.1. The highest BCUT2D eigenvalue weighted by Gasteiger charge is 2.05. The van der Waals surface area contributed by atoms with Crippen LogP contribution in [0.1, 0.15) is 11.3 Å². The van der Waals surface area contributed by atoms with Gasteiger partial charge in [-0.1, -0.05) is 6.07 Å². The molecule has 0 aliphatic carbocycles. The van der Waals surface area contributed by atoms with E-state index in [1.807, 2.05) is 29.9 Å². The number of likely N-dealkylation sites (N-methyl/N-ethyl adjacent to an activating group) is 1. The molecule has 16 heavy (non-hydrogen) atoms. The first-order valence-electron chi connectivity index (χ1n) is 5.43. The standard InChI is InChI=1S/C12H17N3O/c1-10-4-3-5-15-9-11(13-12(10)15)8-14(2)6-7-16/h3-5,9,16H,6-8H2,1-2H3. The van der Waals surface area contributed by atoms with E-state index in [1.165, 1.54) is 5.56 Å². The molecule has 0 fully saturated rings. The first-order chi connectivity index (χ1) is 7.70. The zero-order chi connectivity index (χ0) is 11.5. The van der Waals surface area contributed by atoms with Crippen molar-refractivity contribution in [3.05, 3.63) is 35.8 Å². The summed E-state index contributed by atoms with van der Waals surface area (Å²) in [5.74, 6) is 0. The molecule has 0 bridgehead atoms. The molecule has 86 valence electrons. The van der Waals surface area contributed by atoms with E-state index in [4.69, 9.17) is 5.11 Å². The van der Waals surface area contributed by atoms with Gasteiger partial charge in [-0.15, -0.1) is 0 Å². The lowest BCUT2D eigenvalue weighted by Crippen LogP contribution is -2.21. The average Bonchev–Trinajstić information content (AvgIpc) is 2.62. The van der Waals surface area contributed by atoms with Crippen molar-refractivity contribution in [1.82, 2.24) is 14.3 Å². The molecule has 0 amide bonds. The first-order valence-corrected chi connectivity index (χ1v) is 5.43. The van der Waals surface area contributed by atoms with Crippen LogP contribution < -0.4 is 0 Å². The highest BCUT2D eigenvalue weighted by molar-refractivity contribution is 5.47. The number of aryl methyl sites for hydroxylation is 1. The van der Waals surface area contributed by atoms with Crippen LogP contribution in [0.4, 0.5) is 0 Å². The Labute approximate surface area is 95.1 Å². The molecular weight excluding hydrogens is 202 g/mol. The smallest absolute Gasteiger partial charge is 0.139 e. The van der Waals surface area contributed by atoms with E-state index in [2.05, 4.69) is 22.9 Å². The fourth-order valence-corrected chi connectivity index (χ4v) is 1.81. The molecular formula is C12H17N3O. The van der Waals surface area contributed by atoms with Crippen molar-refractivity contribution in [3.63, 3.8) is 0 Å². The largest absolute Gasteiger partial charge is 0.395 e. The Bertz CT molecular complexity index is 478. The summed E-state index contributed by atoms with van der Waals surface area (Å²) in [6.45, 7) is 3.68. The molecule has 0 aliphatic rings. The lowest BCUT2D eigenvalue weighted by Gasteiger charge is -2.12. The number of aliphatic hydroxyl groups is 1. The fourth-order valence-electron chi connectivity index (χ4n) is 1.81. The van der Waals surface area contributed by atoms with Crippen molar-refractivity contribution in [1.29, 1.82) is 0 Å². The van der Waals surface area contributed by atoms with Crippen molar-refractivity contribution in [2.24, 2.45) is 0 Å². The minimum Gasteiger partial charge on any atom is -0.395 e. The lowest BCUT2D eigenvalue weighted by molar-refractivity contribution is 0.216. The lowest BCUT2D eigenvalue weighted by atomic mass is 10.3. The minimum absolute atomic E-state index is 0.183. The van der Waals surface area contributed by atoms with Crippen LogP contribution in [0.3, 0.4) is 0 Å². The summed E-state index contributed by atoms with van der Waals surface area (Å²) in [6, 6.07) is 4.08. The average molecular weight is 219 g/mol. The van der Waals surface area contributed by atoms with Gasteiger partial charge in [0.2, 0.25) is 0 Å². The maximum Gasteiger partial charge on any atom is 0.139 e. The molecule has 0 atom stereocenters. The molecule has 4 nitrogen and oxygen atoms in total. The van der Waals surface area contributed by atoms with Crippen LogP contribution in [-0.4, -0.2) is 39.6 Å². The second-order valence-corrected chi connectivity index (χ2v) is 4.12. The molecule has 0 aromatic carbocycles. The zero-order valence-corrected chi connectivity index (χ0v) is 9.72. The second kappa shape index (κ2) is 4.63.